The molecule has 1 aromatic carbocycles. The van der Waals surface area contributed by atoms with Crippen LogP contribution < -0.4 is 4.89 Å². The van der Waals surface area contributed by atoms with Crippen molar-refractivity contribution >= 4 is 22.6 Å². The molecule has 0 amide bonds. The number of hydrogen-bond donors (Lipinski definition) is 0. The Morgan fingerprint density at radius 2 is 2.09 bits per heavy atom. The van der Waals surface area contributed by atoms with Crippen LogP contribution in [-0.4, -0.2) is 6.61 Å². The van der Waals surface area contributed by atoms with Crippen LogP contribution in [0.3, 0.4) is 0 Å². The van der Waals surface area contributed by atoms with Gasteiger partial charge < -0.3 is 4.89 Å². The summed E-state index contributed by atoms with van der Waals surface area (Å²) in [7, 11) is 0. The maximum absolute atomic E-state index is 4.98. The summed E-state index contributed by atoms with van der Waals surface area (Å²) in [5.74, 6) is 0.773. The van der Waals surface area contributed by atoms with Crippen LogP contribution in [0.2, 0.25) is 0 Å². The summed E-state index contributed by atoms with van der Waals surface area (Å²) in [5, 5.41) is 0. The molecule has 1 aromatic rings. The number of halogens is 1. The van der Waals surface area contributed by atoms with Crippen molar-refractivity contribution in [3.05, 3.63) is 27.8 Å². The molecule has 0 bridgehead atoms. The zero-order valence-corrected chi connectivity index (χ0v) is 8.37. The zero-order valence-electron chi connectivity index (χ0n) is 6.21. The van der Waals surface area contributed by atoms with Crippen LogP contribution in [0.15, 0.2) is 24.3 Å². The molecule has 0 saturated carbocycles. The molecule has 0 unspecified atom stereocenters. The van der Waals surface area contributed by atoms with Gasteiger partial charge in [-0.15, -0.1) is 0 Å². The fourth-order valence-corrected chi connectivity index (χ4v) is 1.11. The number of para-hydroxylation sites is 1. The van der Waals surface area contributed by atoms with E-state index >= 15 is 0 Å². The lowest BCUT2D eigenvalue weighted by atomic mass is 10.3. The maximum atomic E-state index is 4.98. The van der Waals surface area contributed by atoms with Gasteiger partial charge in [0.15, 0.2) is 5.75 Å². The zero-order chi connectivity index (χ0) is 8.10. The van der Waals surface area contributed by atoms with Gasteiger partial charge in [0.05, 0.1) is 10.2 Å². The van der Waals surface area contributed by atoms with Gasteiger partial charge in [0, 0.05) is 0 Å². The van der Waals surface area contributed by atoms with E-state index in [-0.39, 0.29) is 0 Å². The van der Waals surface area contributed by atoms with Crippen LogP contribution >= 0.6 is 22.6 Å². The molecule has 0 fully saturated rings. The van der Waals surface area contributed by atoms with E-state index in [1.165, 1.54) is 0 Å². The minimum Gasteiger partial charge on any atom is -0.336 e. The third-order valence-corrected chi connectivity index (χ3v) is 1.99. The van der Waals surface area contributed by atoms with Gasteiger partial charge in [-0.2, -0.15) is 4.89 Å². The molecule has 2 nitrogen and oxygen atoms in total. The van der Waals surface area contributed by atoms with Gasteiger partial charge in [0.25, 0.3) is 0 Å². The molecule has 0 saturated heterocycles. The minimum atomic E-state index is 0.560. The van der Waals surface area contributed by atoms with E-state index < -0.39 is 0 Å². The predicted octanol–water partition coefficient (Wildman–Crippen LogP) is 2.62. The molecule has 0 heterocycles. The van der Waals surface area contributed by atoms with Crippen molar-refractivity contribution < 1.29 is 9.78 Å². The first-order valence-corrected chi connectivity index (χ1v) is 4.46. The minimum absolute atomic E-state index is 0.560. The van der Waals surface area contributed by atoms with Gasteiger partial charge in [-0.05, 0) is 41.6 Å². The fraction of sp³-hybridized carbons (Fsp3) is 0.250. The largest absolute Gasteiger partial charge is 0.336 e. The third kappa shape index (κ3) is 2.67. The van der Waals surface area contributed by atoms with Crippen LogP contribution in [0.25, 0.3) is 0 Å². The Labute approximate surface area is 79.6 Å². The Balaban J connectivity index is 2.62. The molecular formula is C8H9IO2. The Bertz CT molecular complexity index is 225. The van der Waals surface area contributed by atoms with Gasteiger partial charge in [-0.3, -0.25) is 0 Å². The number of hydrogen-bond acceptors (Lipinski definition) is 2. The number of benzene rings is 1. The van der Waals surface area contributed by atoms with Gasteiger partial charge in [-0.25, -0.2) is 0 Å². The molecule has 11 heavy (non-hydrogen) atoms. The molecule has 0 aliphatic carbocycles. The average molecular weight is 264 g/mol. The highest BCUT2D eigenvalue weighted by atomic mass is 127. The summed E-state index contributed by atoms with van der Waals surface area (Å²) in [5.41, 5.74) is 0. The summed E-state index contributed by atoms with van der Waals surface area (Å²) in [4.78, 5) is 9.77. The smallest absolute Gasteiger partial charge is 0.178 e. The van der Waals surface area contributed by atoms with Crippen LogP contribution in [0.4, 0.5) is 0 Å². The molecule has 0 radical (unpaired) electrons. The second kappa shape index (κ2) is 4.56. The fourth-order valence-electron chi connectivity index (χ4n) is 0.635. The first-order chi connectivity index (χ1) is 5.34. The Hall–Kier alpha value is -0.290. The molecular weight excluding hydrogens is 255 g/mol. The van der Waals surface area contributed by atoms with E-state index in [2.05, 4.69) is 22.6 Å². The first-order valence-electron chi connectivity index (χ1n) is 3.38. The van der Waals surface area contributed by atoms with Crippen LogP contribution in [0.5, 0.6) is 5.75 Å². The molecule has 1 rings (SSSR count). The topological polar surface area (TPSA) is 18.5 Å². The molecule has 0 N–H and O–H groups in total. The Morgan fingerprint density at radius 3 is 2.73 bits per heavy atom. The molecule has 0 spiro atoms. The molecule has 0 aliphatic heterocycles. The van der Waals surface area contributed by atoms with Gasteiger partial charge in [0.2, 0.25) is 0 Å². The van der Waals surface area contributed by atoms with Gasteiger partial charge in [0.1, 0.15) is 0 Å². The van der Waals surface area contributed by atoms with Crippen molar-refractivity contribution in [2.24, 2.45) is 0 Å². The lowest BCUT2D eigenvalue weighted by Crippen LogP contribution is -1.96. The van der Waals surface area contributed by atoms with Crippen LogP contribution in [0, 0.1) is 3.57 Å². The summed E-state index contributed by atoms with van der Waals surface area (Å²) in [6.45, 7) is 2.45. The highest BCUT2D eigenvalue weighted by Crippen LogP contribution is 2.19. The summed E-state index contributed by atoms with van der Waals surface area (Å²) in [6, 6.07) is 7.71. The maximum Gasteiger partial charge on any atom is 0.178 e. The van der Waals surface area contributed by atoms with Gasteiger partial charge >= 0.3 is 0 Å². The molecule has 0 atom stereocenters. The normalized spacial score (nSPS) is 9.64. The van der Waals surface area contributed by atoms with E-state index in [0.717, 1.165) is 9.32 Å². The van der Waals surface area contributed by atoms with Crippen LogP contribution in [0.1, 0.15) is 6.92 Å². The molecule has 3 heteroatoms. The van der Waals surface area contributed by atoms with Crippen LogP contribution in [-0.2, 0) is 4.89 Å². The third-order valence-electron chi connectivity index (χ3n) is 1.10. The monoisotopic (exact) mass is 264 g/mol. The summed E-state index contributed by atoms with van der Waals surface area (Å²) >= 11 is 2.20. The second-order valence-electron chi connectivity index (χ2n) is 1.92. The SMILES string of the molecule is CCOOc1ccccc1I. The van der Waals surface area contributed by atoms with Crippen molar-refractivity contribution in [3.63, 3.8) is 0 Å². The Morgan fingerprint density at radius 1 is 1.36 bits per heavy atom. The first kappa shape index (κ1) is 8.80. The highest BCUT2D eigenvalue weighted by Gasteiger charge is 1.97. The molecule has 0 aromatic heterocycles. The summed E-state index contributed by atoms with van der Waals surface area (Å²) in [6.07, 6.45) is 0. The van der Waals surface area contributed by atoms with E-state index in [0.29, 0.717) is 6.61 Å². The lowest BCUT2D eigenvalue weighted by molar-refractivity contribution is -0.202. The second-order valence-corrected chi connectivity index (χ2v) is 3.08. The number of rotatable bonds is 3. The van der Waals surface area contributed by atoms with Crippen molar-refractivity contribution in [1.29, 1.82) is 0 Å². The molecule has 0 aliphatic rings. The quantitative estimate of drug-likeness (QED) is 0.474. The summed E-state index contributed by atoms with van der Waals surface area (Å²) < 4.78 is 1.05. The van der Waals surface area contributed by atoms with E-state index in [9.17, 15) is 0 Å². The van der Waals surface area contributed by atoms with E-state index in [1.54, 1.807) is 0 Å². The Kier molecular flexibility index (Phi) is 3.65. The van der Waals surface area contributed by atoms with Crippen molar-refractivity contribution in [1.82, 2.24) is 0 Å². The van der Waals surface area contributed by atoms with Crippen molar-refractivity contribution in [2.45, 2.75) is 6.92 Å². The standard InChI is InChI=1S/C8H9IO2/c1-2-10-11-8-6-4-3-5-7(8)9/h3-6H,2H2,1H3. The van der Waals surface area contributed by atoms with Gasteiger partial charge in [-0.1, -0.05) is 12.1 Å². The predicted molar refractivity (Wildman–Crippen MR) is 51.4 cm³/mol. The van der Waals surface area contributed by atoms with Crippen molar-refractivity contribution in [2.75, 3.05) is 6.61 Å². The van der Waals surface area contributed by atoms with E-state index in [4.69, 9.17) is 9.78 Å². The highest BCUT2D eigenvalue weighted by molar-refractivity contribution is 14.1. The molecule has 60 valence electrons. The van der Waals surface area contributed by atoms with E-state index in [1.807, 2.05) is 31.2 Å². The average Bonchev–Trinajstić information content (AvgIpc) is 2.03. The lowest BCUT2D eigenvalue weighted by Gasteiger charge is -2.03. The van der Waals surface area contributed by atoms with Crippen molar-refractivity contribution in [3.8, 4) is 5.75 Å².